The van der Waals surface area contributed by atoms with Crippen LogP contribution in [-0.2, 0) is 0 Å². The molecule has 2 heterocycles. The van der Waals surface area contributed by atoms with Gasteiger partial charge in [-0.25, -0.2) is 0 Å². The Kier molecular flexibility index (Phi) is 3.21. The van der Waals surface area contributed by atoms with Crippen LogP contribution in [0.4, 0.5) is 0 Å². The molecule has 3 aliphatic rings. The van der Waals surface area contributed by atoms with E-state index in [1.54, 1.807) is 0 Å². The normalized spacial score (nSPS) is 38.1. The summed E-state index contributed by atoms with van der Waals surface area (Å²) >= 11 is 0. The molecule has 0 aromatic rings. The molecule has 2 atom stereocenters. The van der Waals surface area contributed by atoms with E-state index in [2.05, 4.69) is 16.7 Å². The van der Waals surface area contributed by atoms with E-state index in [0.717, 1.165) is 18.0 Å². The average Bonchev–Trinajstić information content (AvgIpc) is 2.89. The number of hydrogen-bond acceptors (Lipinski definition) is 2. The van der Waals surface area contributed by atoms with Gasteiger partial charge in [0.25, 0.3) is 0 Å². The summed E-state index contributed by atoms with van der Waals surface area (Å²) in [6, 6.07) is 1.70. The van der Waals surface area contributed by atoms with Crippen LogP contribution in [0.25, 0.3) is 0 Å². The lowest BCUT2D eigenvalue weighted by Crippen LogP contribution is -2.55. The summed E-state index contributed by atoms with van der Waals surface area (Å²) in [6.45, 7) is 7.89. The Balaban J connectivity index is 1.57. The third-order valence-corrected chi connectivity index (χ3v) is 5.03. The van der Waals surface area contributed by atoms with Crippen LogP contribution in [0.3, 0.4) is 0 Å². The first-order chi connectivity index (χ1) is 7.83. The lowest BCUT2D eigenvalue weighted by atomic mass is 10.0. The number of fused-ring (bicyclic) bond motifs is 1. The molecule has 2 unspecified atom stereocenters. The predicted octanol–water partition coefficient (Wildman–Crippen LogP) is 2.35. The van der Waals surface area contributed by atoms with Crippen molar-refractivity contribution >= 4 is 0 Å². The standard InChI is InChI=1S/C14H26N2/c1-12-9-15-8-4-7-14(15)11-16(12)10-13-5-2-3-6-13/h12-14H,2-11H2,1H3. The molecule has 1 aliphatic carbocycles. The molecular formula is C14H26N2. The van der Waals surface area contributed by atoms with Crippen molar-refractivity contribution < 1.29 is 0 Å². The third kappa shape index (κ3) is 2.14. The van der Waals surface area contributed by atoms with Crippen LogP contribution in [-0.4, -0.2) is 48.1 Å². The molecule has 0 radical (unpaired) electrons. The van der Waals surface area contributed by atoms with E-state index in [1.807, 2.05) is 0 Å². The van der Waals surface area contributed by atoms with Gasteiger partial charge in [-0.1, -0.05) is 12.8 Å². The number of rotatable bonds is 2. The highest BCUT2D eigenvalue weighted by Gasteiger charge is 2.35. The SMILES string of the molecule is CC1CN2CCCC2CN1CC1CCCC1. The van der Waals surface area contributed by atoms with Gasteiger partial charge in [-0.15, -0.1) is 0 Å². The van der Waals surface area contributed by atoms with Gasteiger partial charge in [-0.3, -0.25) is 9.80 Å². The van der Waals surface area contributed by atoms with Crippen molar-refractivity contribution in [2.24, 2.45) is 5.92 Å². The molecule has 3 fully saturated rings. The highest BCUT2D eigenvalue weighted by atomic mass is 15.3. The van der Waals surface area contributed by atoms with E-state index in [9.17, 15) is 0 Å². The number of piperazine rings is 1. The van der Waals surface area contributed by atoms with E-state index in [0.29, 0.717) is 0 Å². The Morgan fingerprint density at radius 1 is 1.00 bits per heavy atom. The minimum atomic E-state index is 0.801. The Bertz CT molecular complexity index is 233. The van der Waals surface area contributed by atoms with Gasteiger partial charge >= 0.3 is 0 Å². The first-order valence-electron chi connectivity index (χ1n) is 7.31. The topological polar surface area (TPSA) is 6.48 Å². The van der Waals surface area contributed by atoms with Crippen molar-refractivity contribution in [2.75, 3.05) is 26.2 Å². The fourth-order valence-electron chi connectivity index (χ4n) is 4.03. The summed E-state index contributed by atoms with van der Waals surface area (Å²) in [5, 5.41) is 0. The summed E-state index contributed by atoms with van der Waals surface area (Å²) in [6.07, 6.45) is 8.86. The Labute approximate surface area is 100.0 Å². The van der Waals surface area contributed by atoms with E-state index in [4.69, 9.17) is 0 Å². The first-order valence-corrected chi connectivity index (χ1v) is 7.31. The fraction of sp³-hybridized carbons (Fsp3) is 1.00. The minimum Gasteiger partial charge on any atom is -0.298 e. The van der Waals surface area contributed by atoms with Crippen molar-refractivity contribution in [2.45, 2.75) is 57.5 Å². The van der Waals surface area contributed by atoms with Gasteiger partial charge in [-0.05, 0) is 45.1 Å². The lowest BCUT2D eigenvalue weighted by molar-refractivity contribution is 0.0487. The maximum Gasteiger partial charge on any atom is 0.0224 e. The second kappa shape index (κ2) is 4.66. The molecule has 0 aromatic heterocycles. The molecule has 92 valence electrons. The molecule has 0 spiro atoms. The monoisotopic (exact) mass is 222 g/mol. The Morgan fingerprint density at radius 3 is 2.62 bits per heavy atom. The third-order valence-electron chi connectivity index (χ3n) is 5.03. The highest BCUT2D eigenvalue weighted by Crippen LogP contribution is 2.29. The van der Waals surface area contributed by atoms with Crippen molar-refractivity contribution in [3.05, 3.63) is 0 Å². The maximum absolute atomic E-state index is 2.79. The summed E-state index contributed by atoms with van der Waals surface area (Å²) in [5.74, 6) is 1.02. The van der Waals surface area contributed by atoms with Gasteiger partial charge in [0.05, 0.1) is 0 Å². The molecule has 0 bridgehead atoms. The molecule has 0 amide bonds. The van der Waals surface area contributed by atoms with Gasteiger partial charge in [0, 0.05) is 31.7 Å². The average molecular weight is 222 g/mol. The van der Waals surface area contributed by atoms with E-state index in [1.165, 1.54) is 64.7 Å². The zero-order valence-corrected chi connectivity index (χ0v) is 10.7. The second-order valence-electron chi connectivity index (χ2n) is 6.24. The van der Waals surface area contributed by atoms with Crippen LogP contribution in [0, 0.1) is 5.92 Å². The van der Waals surface area contributed by atoms with Crippen LogP contribution >= 0.6 is 0 Å². The molecule has 0 N–H and O–H groups in total. The maximum atomic E-state index is 2.79. The lowest BCUT2D eigenvalue weighted by Gasteiger charge is -2.43. The smallest absolute Gasteiger partial charge is 0.0224 e. The molecule has 2 heteroatoms. The van der Waals surface area contributed by atoms with Crippen LogP contribution < -0.4 is 0 Å². The van der Waals surface area contributed by atoms with E-state index in [-0.39, 0.29) is 0 Å². The Hall–Kier alpha value is -0.0800. The van der Waals surface area contributed by atoms with E-state index < -0.39 is 0 Å². The molecule has 0 aromatic carbocycles. The van der Waals surface area contributed by atoms with Crippen molar-refractivity contribution in [1.29, 1.82) is 0 Å². The number of nitrogens with zero attached hydrogens (tertiary/aromatic N) is 2. The molecule has 2 nitrogen and oxygen atoms in total. The zero-order valence-electron chi connectivity index (χ0n) is 10.7. The van der Waals surface area contributed by atoms with Gasteiger partial charge in [0.2, 0.25) is 0 Å². The van der Waals surface area contributed by atoms with Crippen LogP contribution in [0.1, 0.15) is 45.4 Å². The quantitative estimate of drug-likeness (QED) is 0.707. The first kappa shape index (κ1) is 11.0. The van der Waals surface area contributed by atoms with Gasteiger partial charge in [0.15, 0.2) is 0 Å². The van der Waals surface area contributed by atoms with Gasteiger partial charge in [0.1, 0.15) is 0 Å². The molecular weight excluding hydrogens is 196 g/mol. The zero-order chi connectivity index (χ0) is 11.0. The Morgan fingerprint density at radius 2 is 1.81 bits per heavy atom. The molecule has 1 saturated carbocycles. The summed E-state index contributed by atoms with van der Waals surface area (Å²) in [5.41, 5.74) is 0. The molecule has 16 heavy (non-hydrogen) atoms. The number of hydrogen-bond donors (Lipinski definition) is 0. The highest BCUT2D eigenvalue weighted by molar-refractivity contribution is 4.91. The predicted molar refractivity (Wildman–Crippen MR) is 67.6 cm³/mol. The van der Waals surface area contributed by atoms with E-state index >= 15 is 0 Å². The fourth-order valence-corrected chi connectivity index (χ4v) is 4.03. The molecule has 3 rings (SSSR count). The van der Waals surface area contributed by atoms with Crippen molar-refractivity contribution in [3.63, 3.8) is 0 Å². The van der Waals surface area contributed by atoms with Crippen molar-refractivity contribution in [3.8, 4) is 0 Å². The summed E-state index contributed by atoms with van der Waals surface area (Å²) in [4.78, 5) is 5.53. The summed E-state index contributed by atoms with van der Waals surface area (Å²) < 4.78 is 0. The van der Waals surface area contributed by atoms with Gasteiger partial charge < -0.3 is 0 Å². The summed E-state index contributed by atoms with van der Waals surface area (Å²) in [7, 11) is 0. The molecule has 2 aliphatic heterocycles. The second-order valence-corrected chi connectivity index (χ2v) is 6.24. The minimum absolute atomic E-state index is 0.801. The van der Waals surface area contributed by atoms with Crippen LogP contribution in [0.5, 0.6) is 0 Å². The van der Waals surface area contributed by atoms with Crippen molar-refractivity contribution in [1.82, 2.24) is 9.80 Å². The van der Waals surface area contributed by atoms with Gasteiger partial charge in [-0.2, -0.15) is 0 Å². The van der Waals surface area contributed by atoms with Crippen LogP contribution in [0.2, 0.25) is 0 Å². The largest absolute Gasteiger partial charge is 0.298 e. The van der Waals surface area contributed by atoms with Crippen LogP contribution in [0.15, 0.2) is 0 Å². The molecule has 2 saturated heterocycles.